The first-order valence-corrected chi connectivity index (χ1v) is 3.62. The molecule has 0 N–H and O–H groups in total. The zero-order chi connectivity index (χ0) is 5.98. The fourth-order valence-electron chi connectivity index (χ4n) is 0.352. The van der Waals surface area contributed by atoms with Gasteiger partial charge in [0.25, 0.3) is 0 Å². The van der Waals surface area contributed by atoms with Gasteiger partial charge >= 0.3 is 0 Å². The molecule has 0 amide bonds. The molecule has 0 spiro atoms. The van der Waals surface area contributed by atoms with Crippen molar-refractivity contribution < 1.29 is 0 Å². The summed E-state index contributed by atoms with van der Waals surface area (Å²) < 4.78 is 1.93. The zero-order valence-corrected chi connectivity index (χ0v) is 7.08. The van der Waals surface area contributed by atoms with Gasteiger partial charge in [0.2, 0.25) is 0 Å². The molecule has 0 unspecified atom stereocenters. The number of hydrogen-bond donors (Lipinski definition) is 0. The van der Waals surface area contributed by atoms with Crippen molar-refractivity contribution in [1.82, 2.24) is 0 Å². The van der Waals surface area contributed by atoms with Crippen molar-refractivity contribution in [2.75, 3.05) is 0 Å². The molecular weight excluding hydrogens is 232 g/mol. The van der Waals surface area contributed by atoms with Crippen LogP contribution in [0.15, 0.2) is 21.1 Å². The molecular formula is C6H2Br2. The average Bonchev–Trinajstić information content (AvgIpc) is 1.77. The summed E-state index contributed by atoms with van der Waals surface area (Å²) in [4.78, 5) is 0. The fraction of sp³-hybridized carbons (Fsp3) is 0. The maximum absolute atomic E-state index is 3.29. The van der Waals surface area contributed by atoms with Gasteiger partial charge in [-0.1, -0.05) is 0 Å². The van der Waals surface area contributed by atoms with Crippen LogP contribution in [-0.2, 0) is 0 Å². The topological polar surface area (TPSA) is 0 Å². The minimum atomic E-state index is 0.941. The fourth-order valence-corrected chi connectivity index (χ4v) is 0.828. The standard InChI is InChI=1S/C6H2Br2/c7-5-3-1-2-4-6(5)8/h1,4H. The molecule has 8 heavy (non-hydrogen) atoms. The highest BCUT2D eigenvalue weighted by molar-refractivity contribution is 9.13. The molecule has 0 saturated heterocycles. The van der Waals surface area contributed by atoms with Crippen LogP contribution in [0.3, 0.4) is 0 Å². The second-order valence-electron chi connectivity index (χ2n) is 1.26. The van der Waals surface area contributed by atoms with Crippen molar-refractivity contribution >= 4 is 31.9 Å². The van der Waals surface area contributed by atoms with Crippen LogP contribution < -0.4 is 0 Å². The van der Waals surface area contributed by atoms with Gasteiger partial charge in [0.05, 0.1) is 0 Å². The van der Waals surface area contributed by atoms with Crippen molar-refractivity contribution in [1.29, 1.82) is 0 Å². The zero-order valence-electron chi connectivity index (χ0n) is 3.91. The van der Waals surface area contributed by atoms with E-state index in [1.54, 1.807) is 6.07 Å². The number of hydrogen-bond acceptors (Lipinski definition) is 0. The molecule has 0 aliphatic carbocycles. The summed E-state index contributed by atoms with van der Waals surface area (Å²) in [6.45, 7) is 0. The molecule has 2 heteroatoms. The molecule has 0 aliphatic heterocycles. The molecule has 1 aromatic rings. The summed E-state index contributed by atoms with van der Waals surface area (Å²) in [6, 6.07) is 9.35. The Morgan fingerprint density at radius 3 is 2.50 bits per heavy atom. The van der Waals surface area contributed by atoms with Crippen LogP contribution in [-0.4, -0.2) is 0 Å². The van der Waals surface area contributed by atoms with Crippen LogP contribution in [0.25, 0.3) is 0 Å². The minimum absolute atomic E-state index is 0.941. The van der Waals surface area contributed by atoms with Crippen LogP contribution in [0, 0.1) is 12.1 Å². The summed E-state index contributed by atoms with van der Waals surface area (Å²) in [7, 11) is 0. The van der Waals surface area contributed by atoms with E-state index in [-0.39, 0.29) is 0 Å². The molecule has 0 fully saturated rings. The molecule has 0 saturated carbocycles. The Labute approximate surface area is 65.2 Å². The highest BCUT2D eigenvalue weighted by Gasteiger charge is 1.89. The third-order valence-corrected chi connectivity index (χ3v) is 2.52. The van der Waals surface area contributed by atoms with E-state index in [0.29, 0.717) is 0 Å². The SMILES string of the molecule is Brc1[c]c[c]cc1Br. The summed E-state index contributed by atoms with van der Waals surface area (Å²) >= 11 is 6.56. The predicted octanol–water partition coefficient (Wildman–Crippen LogP) is 2.81. The van der Waals surface area contributed by atoms with Crippen LogP contribution in [0.1, 0.15) is 0 Å². The lowest BCUT2D eigenvalue weighted by atomic mass is 10.4. The van der Waals surface area contributed by atoms with Crippen molar-refractivity contribution in [3.63, 3.8) is 0 Å². The highest BCUT2D eigenvalue weighted by Crippen LogP contribution is 2.19. The largest absolute Gasteiger partial charge is 0.0496 e. The van der Waals surface area contributed by atoms with Crippen LogP contribution >= 0.6 is 31.9 Å². The second-order valence-corrected chi connectivity index (χ2v) is 2.91. The Kier molecular flexibility index (Phi) is 2.08. The van der Waals surface area contributed by atoms with Gasteiger partial charge in [-0.25, -0.2) is 0 Å². The molecule has 1 aromatic carbocycles. The number of benzene rings is 1. The van der Waals surface area contributed by atoms with Gasteiger partial charge in [0.15, 0.2) is 0 Å². The van der Waals surface area contributed by atoms with Crippen molar-refractivity contribution in [2.24, 2.45) is 0 Å². The molecule has 0 aromatic heterocycles. The van der Waals surface area contributed by atoms with E-state index in [0.717, 1.165) is 8.95 Å². The lowest BCUT2D eigenvalue weighted by Gasteiger charge is -1.88. The van der Waals surface area contributed by atoms with Crippen LogP contribution in [0.2, 0.25) is 0 Å². The quantitative estimate of drug-likeness (QED) is 0.647. The van der Waals surface area contributed by atoms with E-state index in [9.17, 15) is 0 Å². The maximum atomic E-state index is 3.29. The van der Waals surface area contributed by atoms with Crippen molar-refractivity contribution in [2.45, 2.75) is 0 Å². The summed E-state index contributed by atoms with van der Waals surface area (Å²) in [5.41, 5.74) is 0. The van der Waals surface area contributed by atoms with Gasteiger partial charge in [-0.15, -0.1) is 0 Å². The smallest absolute Gasteiger partial charge is 0.0396 e. The molecule has 0 nitrogen and oxygen atoms in total. The summed E-state index contributed by atoms with van der Waals surface area (Å²) in [5.74, 6) is 0. The molecule has 0 heterocycles. The first-order valence-electron chi connectivity index (χ1n) is 2.03. The van der Waals surface area contributed by atoms with Crippen LogP contribution in [0.4, 0.5) is 0 Å². The first-order chi connectivity index (χ1) is 3.80. The Bertz CT molecular complexity index is 163. The maximum Gasteiger partial charge on any atom is 0.0396 e. The summed E-state index contributed by atoms with van der Waals surface area (Å²) in [5, 5.41) is 0. The molecule has 0 bridgehead atoms. The van der Waals surface area contributed by atoms with E-state index >= 15 is 0 Å². The van der Waals surface area contributed by atoms with Gasteiger partial charge < -0.3 is 0 Å². The molecule has 1 rings (SSSR count). The van der Waals surface area contributed by atoms with Crippen molar-refractivity contribution in [3.05, 3.63) is 33.2 Å². The normalized spacial score (nSPS) is 9.25. The van der Waals surface area contributed by atoms with Gasteiger partial charge in [0.1, 0.15) is 0 Å². The minimum Gasteiger partial charge on any atom is -0.0496 e. The van der Waals surface area contributed by atoms with E-state index in [1.165, 1.54) is 0 Å². The van der Waals surface area contributed by atoms with E-state index < -0.39 is 0 Å². The van der Waals surface area contributed by atoms with Gasteiger partial charge in [0, 0.05) is 8.95 Å². The van der Waals surface area contributed by atoms with Gasteiger partial charge in [-0.2, -0.15) is 0 Å². The van der Waals surface area contributed by atoms with Crippen LogP contribution in [0.5, 0.6) is 0 Å². The molecule has 2 radical (unpaired) electrons. The Morgan fingerprint density at radius 1 is 1.38 bits per heavy atom. The Morgan fingerprint density at radius 2 is 2.12 bits per heavy atom. The van der Waals surface area contributed by atoms with Gasteiger partial charge in [-0.05, 0) is 56.1 Å². The van der Waals surface area contributed by atoms with E-state index in [2.05, 4.69) is 44.0 Å². The van der Waals surface area contributed by atoms with Gasteiger partial charge in [-0.3, -0.25) is 0 Å². The van der Waals surface area contributed by atoms with E-state index in [4.69, 9.17) is 0 Å². The van der Waals surface area contributed by atoms with Crippen molar-refractivity contribution in [3.8, 4) is 0 Å². The van der Waals surface area contributed by atoms with E-state index in [1.807, 2.05) is 6.07 Å². The summed E-state index contributed by atoms with van der Waals surface area (Å²) in [6.07, 6.45) is 0. The average molecular weight is 234 g/mol. The molecule has 0 aliphatic rings. The predicted molar refractivity (Wildman–Crippen MR) is 39.5 cm³/mol. The number of rotatable bonds is 0. The Hall–Kier alpha value is 0.180. The third-order valence-electron chi connectivity index (χ3n) is 0.702. The second kappa shape index (κ2) is 2.65. The number of halogens is 2. The lowest BCUT2D eigenvalue weighted by Crippen LogP contribution is -1.65. The highest BCUT2D eigenvalue weighted by atomic mass is 79.9. The monoisotopic (exact) mass is 232 g/mol. The third kappa shape index (κ3) is 1.33. The molecule has 40 valence electrons. The first kappa shape index (κ1) is 6.30. The Balaban J connectivity index is 3.13. The lowest BCUT2D eigenvalue weighted by molar-refractivity contribution is 1.56. The molecule has 0 atom stereocenters.